The van der Waals surface area contributed by atoms with Crippen molar-refractivity contribution in [3.8, 4) is 0 Å². The number of rotatable bonds is 2. The van der Waals surface area contributed by atoms with Crippen LogP contribution < -0.4 is 0 Å². The summed E-state index contributed by atoms with van der Waals surface area (Å²) in [5, 5.41) is 0. The topological polar surface area (TPSA) is 71.1 Å². The van der Waals surface area contributed by atoms with Gasteiger partial charge in [0.15, 0.2) is 0 Å². The fourth-order valence-electron chi connectivity index (χ4n) is 1.01. The van der Waals surface area contributed by atoms with Crippen LogP contribution in [0.25, 0.3) is 0 Å². The highest BCUT2D eigenvalue weighted by Crippen LogP contribution is 2.31. The number of esters is 2. The van der Waals surface area contributed by atoms with E-state index in [1.807, 2.05) is 0 Å². The highest BCUT2D eigenvalue weighted by Gasteiger charge is 2.43. The Labute approximate surface area is 143 Å². The largest absolute Gasteiger partial charge is 0.426 e. The second-order valence-corrected chi connectivity index (χ2v) is 7.85. The highest BCUT2D eigenvalue weighted by atomic mass is 35.6. The Hall–Kier alpha value is 0.600. The minimum absolute atomic E-state index is 0.0552. The van der Waals surface area contributed by atoms with E-state index >= 15 is 0 Å². The Morgan fingerprint density at radius 2 is 1.10 bits per heavy atom. The first kappa shape index (κ1) is 18.6. The minimum Gasteiger partial charge on any atom is -0.426 e. The molecular weight excluding hydrogens is 405 g/mol. The molecule has 0 N–H and O–H groups in total. The van der Waals surface area contributed by atoms with Gasteiger partial charge < -0.3 is 18.9 Å². The van der Waals surface area contributed by atoms with Crippen LogP contribution in [-0.2, 0) is 28.5 Å². The molecule has 0 saturated carbocycles. The van der Waals surface area contributed by atoms with Gasteiger partial charge in [0.1, 0.15) is 0 Å². The van der Waals surface area contributed by atoms with Gasteiger partial charge in [-0.05, 0) is 0 Å². The third-order valence-corrected chi connectivity index (χ3v) is 2.70. The number of carbonyl (C=O) groups excluding carboxylic acids is 2. The summed E-state index contributed by atoms with van der Waals surface area (Å²) in [6, 6.07) is 0. The van der Waals surface area contributed by atoms with Crippen molar-refractivity contribution in [2.24, 2.45) is 0 Å². The fraction of sp³-hybridized carbons (Fsp3) is 0.750. The van der Waals surface area contributed by atoms with Gasteiger partial charge >= 0.3 is 11.9 Å². The van der Waals surface area contributed by atoms with Crippen LogP contribution in [0.3, 0.4) is 0 Å². The predicted molar refractivity (Wildman–Crippen MR) is 72.2 cm³/mol. The average Bonchev–Trinajstić information content (AvgIpc) is 2.29. The van der Waals surface area contributed by atoms with Gasteiger partial charge in [0, 0.05) is 0 Å². The summed E-state index contributed by atoms with van der Waals surface area (Å²) >= 11 is 31.9. The van der Waals surface area contributed by atoms with Gasteiger partial charge in [0.05, 0.1) is 13.2 Å². The summed E-state index contributed by atoms with van der Waals surface area (Å²) in [4.78, 5) is 22.8. The Balaban J connectivity index is 2.68. The molecular formula is C8H6Cl6O6. The van der Waals surface area contributed by atoms with E-state index in [-0.39, 0.29) is 13.2 Å². The van der Waals surface area contributed by atoms with Crippen molar-refractivity contribution in [3.05, 3.63) is 0 Å². The van der Waals surface area contributed by atoms with Gasteiger partial charge in [-0.15, -0.1) is 0 Å². The molecule has 1 saturated heterocycles. The van der Waals surface area contributed by atoms with Crippen LogP contribution in [0.15, 0.2) is 0 Å². The zero-order chi connectivity index (χ0) is 15.6. The zero-order valence-electron chi connectivity index (χ0n) is 9.29. The van der Waals surface area contributed by atoms with E-state index in [9.17, 15) is 9.59 Å². The Morgan fingerprint density at radius 1 is 0.800 bits per heavy atom. The molecule has 1 heterocycles. The van der Waals surface area contributed by atoms with Crippen LogP contribution in [0.2, 0.25) is 0 Å². The molecule has 0 aliphatic carbocycles. The first-order valence-corrected chi connectivity index (χ1v) is 7.07. The molecule has 1 aliphatic heterocycles. The molecule has 12 heteroatoms. The number of ether oxygens (including phenoxy) is 4. The van der Waals surface area contributed by atoms with Gasteiger partial charge in [0.2, 0.25) is 0 Å². The van der Waals surface area contributed by atoms with Crippen LogP contribution in [0.1, 0.15) is 0 Å². The smallest absolute Gasteiger partial charge is 0.361 e. The van der Waals surface area contributed by atoms with E-state index in [1.165, 1.54) is 0 Å². The maximum atomic E-state index is 11.4. The summed E-state index contributed by atoms with van der Waals surface area (Å²) in [6.45, 7) is 0.110. The summed E-state index contributed by atoms with van der Waals surface area (Å²) in [5.74, 6) is -2.49. The second kappa shape index (κ2) is 7.24. The maximum Gasteiger partial charge on any atom is 0.361 e. The summed E-state index contributed by atoms with van der Waals surface area (Å²) in [7, 11) is 0. The van der Waals surface area contributed by atoms with Gasteiger partial charge in [0.25, 0.3) is 20.2 Å². The highest BCUT2D eigenvalue weighted by molar-refractivity contribution is 6.76. The number of carbonyl (C=O) groups is 2. The van der Waals surface area contributed by atoms with Crippen LogP contribution >= 0.6 is 69.6 Å². The Kier molecular flexibility index (Phi) is 6.75. The maximum absolute atomic E-state index is 11.4. The number of alkyl halides is 6. The number of hydrogen-bond donors (Lipinski definition) is 0. The normalized spacial score (nSPS) is 24.1. The van der Waals surface area contributed by atoms with Gasteiger partial charge in [-0.1, -0.05) is 69.6 Å². The van der Waals surface area contributed by atoms with Crippen LogP contribution in [0.5, 0.6) is 0 Å². The molecule has 0 radical (unpaired) electrons. The van der Waals surface area contributed by atoms with Crippen molar-refractivity contribution in [2.45, 2.75) is 20.2 Å². The standard InChI is InChI=1S/C8H6Cl6O6/c9-7(10,11)5(15)19-3-4(18-2-1-17-3)20-6(16)8(12,13)14/h3-4H,1-2H2. The molecule has 1 rings (SSSR count). The molecule has 1 fully saturated rings. The zero-order valence-corrected chi connectivity index (χ0v) is 13.8. The lowest BCUT2D eigenvalue weighted by Gasteiger charge is -2.31. The van der Waals surface area contributed by atoms with Crippen molar-refractivity contribution >= 4 is 81.5 Å². The number of hydrogen-bond acceptors (Lipinski definition) is 6. The van der Waals surface area contributed by atoms with Crippen molar-refractivity contribution in [3.63, 3.8) is 0 Å². The van der Waals surface area contributed by atoms with Gasteiger partial charge in [-0.25, -0.2) is 9.59 Å². The van der Waals surface area contributed by atoms with E-state index in [0.717, 1.165) is 0 Å². The molecule has 2 atom stereocenters. The van der Waals surface area contributed by atoms with Crippen LogP contribution in [0.4, 0.5) is 0 Å². The Bertz CT molecular complexity index is 341. The molecule has 116 valence electrons. The third-order valence-electron chi connectivity index (χ3n) is 1.78. The molecule has 20 heavy (non-hydrogen) atoms. The molecule has 0 spiro atoms. The molecule has 0 aromatic rings. The van der Waals surface area contributed by atoms with Gasteiger partial charge in [-0.2, -0.15) is 0 Å². The minimum atomic E-state index is -2.33. The van der Waals surface area contributed by atoms with E-state index in [4.69, 9.17) is 88.6 Å². The lowest BCUT2D eigenvalue weighted by Crippen LogP contribution is -2.46. The predicted octanol–water partition coefficient (Wildman–Crippen LogP) is 2.51. The van der Waals surface area contributed by atoms with E-state index in [0.29, 0.717) is 0 Å². The summed E-state index contributed by atoms with van der Waals surface area (Å²) in [5.41, 5.74) is 0. The monoisotopic (exact) mass is 408 g/mol. The van der Waals surface area contributed by atoms with Crippen molar-refractivity contribution in [1.29, 1.82) is 0 Å². The lowest BCUT2D eigenvalue weighted by molar-refractivity contribution is -0.302. The van der Waals surface area contributed by atoms with Crippen LogP contribution in [-0.4, -0.2) is 45.3 Å². The molecule has 0 bridgehead atoms. The van der Waals surface area contributed by atoms with E-state index in [2.05, 4.69) is 0 Å². The van der Waals surface area contributed by atoms with E-state index < -0.39 is 32.1 Å². The van der Waals surface area contributed by atoms with E-state index in [1.54, 1.807) is 0 Å². The summed E-state index contributed by atoms with van der Waals surface area (Å²) in [6.07, 6.45) is -2.91. The quantitative estimate of drug-likeness (QED) is 0.514. The SMILES string of the molecule is O=C(OC1OCCOC1OC(=O)C(Cl)(Cl)Cl)C(Cl)(Cl)Cl. The van der Waals surface area contributed by atoms with Crippen molar-refractivity contribution in [2.75, 3.05) is 13.2 Å². The van der Waals surface area contributed by atoms with Crippen LogP contribution in [0, 0.1) is 0 Å². The first-order chi connectivity index (χ1) is 9.01. The third kappa shape index (κ3) is 5.77. The Morgan fingerprint density at radius 3 is 1.35 bits per heavy atom. The van der Waals surface area contributed by atoms with Gasteiger partial charge in [-0.3, -0.25) is 0 Å². The van der Waals surface area contributed by atoms with Crippen molar-refractivity contribution < 1.29 is 28.5 Å². The molecule has 1 aliphatic rings. The molecule has 0 amide bonds. The molecule has 2 unspecified atom stereocenters. The molecule has 6 nitrogen and oxygen atoms in total. The molecule has 0 aromatic carbocycles. The molecule has 0 aromatic heterocycles. The van der Waals surface area contributed by atoms with Crippen molar-refractivity contribution in [1.82, 2.24) is 0 Å². The summed E-state index contributed by atoms with van der Waals surface area (Å²) < 4.78 is 14.8. The first-order valence-electron chi connectivity index (χ1n) is 4.80. The number of halogens is 6. The average molecular weight is 411 g/mol. The second-order valence-electron chi connectivity index (χ2n) is 3.28. The fourth-order valence-corrected chi connectivity index (χ4v) is 1.28. The lowest BCUT2D eigenvalue weighted by atomic mass is 10.5.